The van der Waals surface area contributed by atoms with Gasteiger partial charge in [0.25, 0.3) is 0 Å². The Bertz CT molecular complexity index is 994. The number of hydrogen-bond donors (Lipinski definition) is 0. The van der Waals surface area contributed by atoms with Crippen molar-refractivity contribution in [2.24, 2.45) is 5.92 Å². The molecule has 0 bridgehead atoms. The maximum Gasteiger partial charge on any atom is 0.230 e. The fourth-order valence-electron chi connectivity index (χ4n) is 4.50. The number of para-hydroxylation sites is 1. The molecule has 1 amide bonds. The third-order valence-corrected chi connectivity index (χ3v) is 6.93. The van der Waals surface area contributed by atoms with Crippen LogP contribution in [0.25, 0.3) is 10.6 Å². The Kier molecular flexibility index (Phi) is 4.79. The molecule has 5 rings (SSSR count). The summed E-state index contributed by atoms with van der Waals surface area (Å²) >= 11 is 1.67. The van der Waals surface area contributed by atoms with E-state index in [9.17, 15) is 4.79 Å². The molecule has 29 heavy (non-hydrogen) atoms. The normalized spacial score (nSPS) is 19.4. The van der Waals surface area contributed by atoms with Crippen LogP contribution in [0.15, 0.2) is 53.9 Å². The van der Waals surface area contributed by atoms with E-state index in [2.05, 4.69) is 46.3 Å². The van der Waals surface area contributed by atoms with Gasteiger partial charge in [0.05, 0.1) is 4.88 Å². The minimum absolute atomic E-state index is 0.0817. The van der Waals surface area contributed by atoms with Crippen LogP contribution in [0.4, 0.5) is 11.5 Å². The highest BCUT2D eigenvalue weighted by Crippen LogP contribution is 2.35. The quantitative estimate of drug-likeness (QED) is 0.649. The Morgan fingerprint density at radius 3 is 2.59 bits per heavy atom. The lowest BCUT2D eigenvalue weighted by Gasteiger charge is -2.35. The van der Waals surface area contributed by atoms with Gasteiger partial charge in [0.2, 0.25) is 5.91 Å². The predicted octanol–water partition coefficient (Wildman–Crippen LogP) is 4.40. The second-order valence-corrected chi connectivity index (χ2v) is 8.85. The molecule has 2 aromatic heterocycles. The summed E-state index contributed by atoms with van der Waals surface area (Å²) in [6.45, 7) is 3.83. The van der Waals surface area contributed by atoms with Gasteiger partial charge in [-0.1, -0.05) is 24.3 Å². The molecule has 0 saturated carbocycles. The Morgan fingerprint density at radius 2 is 1.86 bits per heavy atom. The molecule has 2 aliphatic rings. The molecule has 5 nitrogen and oxygen atoms in total. The molecule has 1 fully saturated rings. The summed E-state index contributed by atoms with van der Waals surface area (Å²) in [4.78, 5) is 18.7. The Balaban J connectivity index is 1.24. The summed E-state index contributed by atoms with van der Waals surface area (Å²) in [5.74, 6) is 1.26. The van der Waals surface area contributed by atoms with Gasteiger partial charge in [-0.05, 0) is 61.4 Å². The first kappa shape index (κ1) is 18.3. The number of rotatable bonds is 3. The van der Waals surface area contributed by atoms with E-state index in [-0.39, 0.29) is 17.9 Å². The highest BCUT2D eigenvalue weighted by atomic mass is 32.1. The van der Waals surface area contributed by atoms with Crippen molar-refractivity contribution in [2.45, 2.75) is 32.2 Å². The van der Waals surface area contributed by atoms with Gasteiger partial charge in [-0.25, -0.2) is 0 Å². The van der Waals surface area contributed by atoms with Crippen LogP contribution in [0.2, 0.25) is 0 Å². The van der Waals surface area contributed by atoms with Crippen LogP contribution in [0, 0.1) is 5.92 Å². The molecular weight excluding hydrogens is 380 g/mol. The third-order valence-electron chi connectivity index (χ3n) is 6.04. The summed E-state index contributed by atoms with van der Waals surface area (Å²) < 4.78 is 0. The number of amides is 1. The summed E-state index contributed by atoms with van der Waals surface area (Å²) in [5.41, 5.74) is 3.30. The SMILES string of the molecule is CC1Cc2ccccc2N1C(=O)C1CCN(c2ccc(-c3cccs3)nn2)CC1. The van der Waals surface area contributed by atoms with Gasteiger partial charge in [0.1, 0.15) is 5.69 Å². The van der Waals surface area contributed by atoms with Crippen molar-refractivity contribution in [2.75, 3.05) is 22.9 Å². The molecule has 0 aliphatic carbocycles. The average Bonchev–Trinajstić information content (AvgIpc) is 3.41. The maximum absolute atomic E-state index is 13.3. The van der Waals surface area contributed by atoms with Crippen LogP contribution in [0.5, 0.6) is 0 Å². The summed E-state index contributed by atoms with van der Waals surface area (Å²) in [7, 11) is 0. The van der Waals surface area contributed by atoms with E-state index in [1.54, 1.807) is 11.3 Å². The summed E-state index contributed by atoms with van der Waals surface area (Å²) in [6.07, 6.45) is 2.67. The molecule has 6 heteroatoms. The van der Waals surface area contributed by atoms with Crippen LogP contribution < -0.4 is 9.80 Å². The molecule has 0 N–H and O–H groups in total. The van der Waals surface area contributed by atoms with Gasteiger partial charge >= 0.3 is 0 Å². The number of carbonyl (C=O) groups excluding carboxylic acids is 1. The molecular formula is C23H24N4OS. The zero-order valence-electron chi connectivity index (χ0n) is 16.5. The van der Waals surface area contributed by atoms with Crippen molar-refractivity contribution in [3.8, 4) is 10.6 Å². The van der Waals surface area contributed by atoms with Crippen LogP contribution >= 0.6 is 11.3 Å². The van der Waals surface area contributed by atoms with E-state index >= 15 is 0 Å². The van der Waals surface area contributed by atoms with Crippen LogP contribution in [-0.4, -0.2) is 35.2 Å². The number of anilines is 2. The van der Waals surface area contributed by atoms with E-state index in [1.807, 2.05) is 34.5 Å². The van der Waals surface area contributed by atoms with Gasteiger partial charge in [-0.2, -0.15) is 0 Å². The number of thiophene rings is 1. The van der Waals surface area contributed by atoms with Crippen molar-refractivity contribution < 1.29 is 4.79 Å². The number of aromatic nitrogens is 2. The summed E-state index contributed by atoms with van der Waals surface area (Å²) in [6, 6.07) is 16.7. The minimum Gasteiger partial charge on any atom is -0.355 e. The second-order valence-electron chi connectivity index (χ2n) is 7.91. The zero-order valence-corrected chi connectivity index (χ0v) is 17.3. The molecule has 2 aliphatic heterocycles. The minimum atomic E-state index is 0.0817. The molecule has 1 unspecified atom stereocenters. The standard InChI is InChI=1S/C23H24N4OS/c1-16-15-18-5-2-3-6-20(18)27(16)23(28)17-10-12-26(13-11-17)22-9-8-19(24-25-22)21-7-4-14-29-21/h2-9,14,16-17H,10-13,15H2,1H3. The van der Waals surface area contributed by atoms with Crippen molar-refractivity contribution in [1.29, 1.82) is 0 Å². The second kappa shape index (κ2) is 7.59. The van der Waals surface area contributed by atoms with Crippen LogP contribution in [-0.2, 0) is 11.2 Å². The lowest BCUT2D eigenvalue weighted by molar-refractivity contribution is -0.123. The van der Waals surface area contributed by atoms with Gasteiger partial charge < -0.3 is 9.80 Å². The van der Waals surface area contributed by atoms with Gasteiger partial charge in [-0.3, -0.25) is 4.79 Å². The Morgan fingerprint density at radius 1 is 1.03 bits per heavy atom. The molecule has 0 radical (unpaired) electrons. The van der Waals surface area contributed by atoms with E-state index < -0.39 is 0 Å². The highest BCUT2D eigenvalue weighted by molar-refractivity contribution is 7.13. The fraction of sp³-hybridized carbons (Fsp3) is 0.348. The first-order valence-electron chi connectivity index (χ1n) is 10.2. The highest BCUT2D eigenvalue weighted by Gasteiger charge is 2.36. The molecule has 0 spiro atoms. The number of hydrogen-bond acceptors (Lipinski definition) is 5. The number of carbonyl (C=O) groups is 1. The molecule has 1 aromatic carbocycles. The predicted molar refractivity (Wildman–Crippen MR) is 117 cm³/mol. The first-order valence-corrected chi connectivity index (χ1v) is 11.1. The first-order chi connectivity index (χ1) is 14.2. The number of piperidine rings is 1. The van der Waals surface area contributed by atoms with Crippen molar-refractivity contribution >= 4 is 28.7 Å². The molecule has 148 valence electrons. The monoisotopic (exact) mass is 404 g/mol. The molecule has 1 atom stereocenters. The molecule has 3 aromatic rings. The van der Waals surface area contributed by atoms with Gasteiger partial charge in [-0.15, -0.1) is 21.5 Å². The van der Waals surface area contributed by atoms with Crippen molar-refractivity contribution in [3.05, 3.63) is 59.5 Å². The Hall–Kier alpha value is -2.73. The van der Waals surface area contributed by atoms with Crippen molar-refractivity contribution in [1.82, 2.24) is 10.2 Å². The third kappa shape index (κ3) is 3.42. The molecule has 4 heterocycles. The van der Waals surface area contributed by atoms with Crippen LogP contribution in [0.1, 0.15) is 25.3 Å². The smallest absolute Gasteiger partial charge is 0.230 e. The van der Waals surface area contributed by atoms with Crippen LogP contribution in [0.3, 0.4) is 0 Å². The number of benzene rings is 1. The fourth-order valence-corrected chi connectivity index (χ4v) is 5.19. The number of fused-ring (bicyclic) bond motifs is 1. The summed E-state index contributed by atoms with van der Waals surface area (Å²) in [5, 5.41) is 10.9. The van der Waals surface area contributed by atoms with Gasteiger partial charge in [0.15, 0.2) is 5.82 Å². The van der Waals surface area contributed by atoms with Crippen molar-refractivity contribution in [3.63, 3.8) is 0 Å². The Labute approximate surface area is 175 Å². The number of nitrogens with zero attached hydrogens (tertiary/aromatic N) is 4. The van der Waals surface area contributed by atoms with Gasteiger partial charge in [0, 0.05) is 30.7 Å². The largest absolute Gasteiger partial charge is 0.355 e. The molecule has 1 saturated heterocycles. The topological polar surface area (TPSA) is 49.3 Å². The average molecular weight is 405 g/mol. The lowest BCUT2D eigenvalue weighted by atomic mass is 9.94. The maximum atomic E-state index is 13.3. The van der Waals surface area contributed by atoms with E-state index in [1.165, 1.54) is 5.56 Å². The van der Waals surface area contributed by atoms with E-state index in [4.69, 9.17) is 0 Å². The van der Waals surface area contributed by atoms with E-state index in [0.717, 1.165) is 54.4 Å². The zero-order chi connectivity index (χ0) is 19.8. The van der Waals surface area contributed by atoms with E-state index in [0.29, 0.717) is 0 Å². The lowest BCUT2D eigenvalue weighted by Crippen LogP contribution is -2.45.